The molecule has 3 rings (SSSR count). The first kappa shape index (κ1) is 18.3. The summed E-state index contributed by atoms with van der Waals surface area (Å²) < 4.78 is 8.95. The lowest BCUT2D eigenvalue weighted by Crippen LogP contribution is -2.31. The minimum absolute atomic E-state index is 0.135. The van der Waals surface area contributed by atoms with E-state index >= 15 is 0 Å². The van der Waals surface area contributed by atoms with Crippen LogP contribution in [0, 0.1) is 6.92 Å². The number of fused-ring (bicyclic) bond motifs is 1. The third-order valence-electron chi connectivity index (χ3n) is 4.28. The lowest BCUT2D eigenvalue weighted by molar-refractivity contribution is 0.292. The number of aromatic nitrogens is 4. The van der Waals surface area contributed by atoms with Crippen LogP contribution in [0.4, 0.5) is 0 Å². The van der Waals surface area contributed by atoms with E-state index < -0.39 is 11.2 Å². The SMILES string of the molecule is CCCCn1c(=O)[nH]c(=O)c2c1nc(COc1cc(C)ccc1Cl)n2C. The Morgan fingerprint density at radius 2 is 2.08 bits per heavy atom. The predicted octanol–water partition coefficient (Wildman–Crippen LogP) is 2.76. The zero-order chi connectivity index (χ0) is 18.8. The summed E-state index contributed by atoms with van der Waals surface area (Å²) in [5.41, 5.74) is 0.869. The number of imidazole rings is 1. The number of hydrogen-bond acceptors (Lipinski definition) is 4. The summed E-state index contributed by atoms with van der Waals surface area (Å²) in [4.78, 5) is 31.2. The van der Waals surface area contributed by atoms with Gasteiger partial charge in [-0.05, 0) is 31.0 Å². The van der Waals surface area contributed by atoms with E-state index in [0.29, 0.717) is 34.3 Å². The number of aromatic amines is 1. The fourth-order valence-electron chi connectivity index (χ4n) is 2.81. The van der Waals surface area contributed by atoms with Crippen molar-refractivity contribution in [1.29, 1.82) is 0 Å². The first-order valence-corrected chi connectivity index (χ1v) is 8.87. The minimum atomic E-state index is -0.451. The molecule has 0 saturated carbocycles. The van der Waals surface area contributed by atoms with Crippen LogP contribution in [0.5, 0.6) is 5.75 Å². The minimum Gasteiger partial charge on any atom is -0.484 e. The van der Waals surface area contributed by atoms with Gasteiger partial charge in [-0.1, -0.05) is 31.0 Å². The predicted molar refractivity (Wildman–Crippen MR) is 101 cm³/mol. The lowest BCUT2D eigenvalue weighted by Gasteiger charge is -2.08. The van der Waals surface area contributed by atoms with Crippen molar-refractivity contribution in [2.24, 2.45) is 7.05 Å². The Balaban J connectivity index is 2.00. The summed E-state index contributed by atoms with van der Waals surface area (Å²) in [5.74, 6) is 1.09. The number of benzene rings is 1. The molecule has 0 saturated heterocycles. The molecule has 0 aliphatic carbocycles. The molecule has 0 spiro atoms. The molecule has 1 N–H and O–H groups in total. The first-order valence-electron chi connectivity index (χ1n) is 8.49. The van der Waals surface area contributed by atoms with E-state index in [4.69, 9.17) is 16.3 Å². The number of unbranched alkanes of at least 4 members (excludes halogenated alkanes) is 1. The molecule has 7 nitrogen and oxygen atoms in total. The fourth-order valence-corrected chi connectivity index (χ4v) is 2.98. The van der Waals surface area contributed by atoms with Crippen molar-refractivity contribution in [2.45, 2.75) is 39.8 Å². The molecule has 0 amide bonds. The Morgan fingerprint density at radius 1 is 1.31 bits per heavy atom. The van der Waals surface area contributed by atoms with Gasteiger partial charge in [0.2, 0.25) is 0 Å². The van der Waals surface area contributed by atoms with Gasteiger partial charge in [0, 0.05) is 13.6 Å². The van der Waals surface area contributed by atoms with Gasteiger partial charge in [-0.3, -0.25) is 14.3 Å². The molecule has 2 heterocycles. The van der Waals surface area contributed by atoms with Gasteiger partial charge in [0.25, 0.3) is 5.56 Å². The average Bonchev–Trinajstić information content (AvgIpc) is 2.92. The molecule has 138 valence electrons. The number of hydrogen-bond donors (Lipinski definition) is 1. The van der Waals surface area contributed by atoms with Crippen molar-refractivity contribution in [1.82, 2.24) is 19.1 Å². The highest BCUT2D eigenvalue weighted by atomic mass is 35.5. The largest absolute Gasteiger partial charge is 0.484 e. The average molecular weight is 377 g/mol. The number of H-pyrrole nitrogens is 1. The van der Waals surface area contributed by atoms with E-state index in [1.54, 1.807) is 17.7 Å². The zero-order valence-corrected chi connectivity index (χ0v) is 15.8. The summed E-state index contributed by atoms with van der Waals surface area (Å²) >= 11 is 6.16. The molecule has 0 aliphatic heterocycles. The Kier molecular flexibility index (Phi) is 5.18. The van der Waals surface area contributed by atoms with Crippen LogP contribution in [0.15, 0.2) is 27.8 Å². The van der Waals surface area contributed by atoms with Crippen LogP contribution < -0.4 is 16.0 Å². The molecule has 0 atom stereocenters. The van der Waals surface area contributed by atoms with E-state index in [1.807, 2.05) is 26.0 Å². The number of nitrogens with zero attached hydrogens (tertiary/aromatic N) is 3. The lowest BCUT2D eigenvalue weighted by atomic mass is 10.2. The van der Waals surface area contributed by atoms with Gasteiger partial charge in [0.15, 0.2) is 11.2 Å². The van der Waals surface area contributed by atoms with Crippen molar-refractivity contribution < 1.29 is 4.74 Å². The maximum absolute atomic E-state index is 12.2. The third kappa shape index (κ3) is 3.39. The quantitative estimate of drug-likeness (QED) is 0.717. The number of rotatable bonds is 6. The van der Waals surface area contributed by atoms with Gasteiger partial charge in [-0.25, -0.2) is 9.78 Å². The van der Waals surface area contributed by atoms with Gasteiger partial charge in [-0.2, -0.15) is 0 Å². The topological polar surface area (TPSA) is 81.9 Å². The second-order valence-electron chi connectivity index (χ2n) is 6.25. The van der Waals surface area contributed by atoms with E-state index in [0.717, 1.165) is 18.4 Å². The summed E-state index contributed by atoms with van der Waals surface area (Å²) in [6.07, 6.45) is 1.75. The van der Waals surface area contributed by atoms with E-state index in [2.05, 4.69) is 9.97 Å². The van der Waals surface area contributed by atoms with Crippen molar-refractivity contribution in [3.8, 4) is 5.75 Å². The van der Waals surface area contributed by atoms with Gasteiger partial charge < -0.3 is 9.30 Å². The van der Waals surface area contributed by atoms with Crippen LogP contribution in [0.2, 0.25) is 5.02 Å². The van der Waals surface area contributed by atoms with Gasteiger partial charge >= 0.3 is 5.69 Å². The third-order valence-corrected chi connectivity index (χ3v) is 4.60. The number of nitrogens with one attached hydrogen (secondary N) is 1. The Hall–Kier alpha value is -2.54. The molecule has 2 aromatic heterocycles. The molecule has 0 unspecified atom stereocenters. The molecule has 26 heavy (non-hydrogen) atoms. The Labute approximate surface area is 155 Å². The Morgan fingerprint density at radius 3 is 2.81 bits per heavy atom. The normalized spacial score (nSPS) is 11.2. The fraction of sp³-hybridized carbons (Fsp3) is 0.389. The van der Waals surface area contributed by atoms with Crippen molar-refractivity contribution >= 4 is 22.8 Å². The maximum atomic E-state index is 12.2. The van der Waals surface area contributed by atoms with Crippen LogP contribution in [0.25, 0.3) is 11.2 Å². The number of ether oxygens (including phenoxy) is 1. The molecule has 3 aromatic rings. The standard InChI is InChI=1S/C18H21ClN4O3/c1-4-5-8-23-16-15(17(24)21-18(23)25)22(3)14(20-16)10-26-13-9-11(2)6-7-12(13)19/h6-7,9H,4-5,8,10H2,1-3H3,(H,21,24,25). The number of halogens is 1. The second-order valence-corrected chi connectivity index (χ2v) is 6.65. The summed E-state index contributed by atoms with van der Waals surface area (Å²) in [6.45, 7) is 4.63. The molecule has 0 bridgehead atoms. The molecule has 0 radical (unpaired) electrons. The monoisotopic (exact) mass is 376 g/mol. The maximum Gasteiger partial charge on any atom is 0.330 e. The second kappa shape index (κ2) is 7.37. The first-order chi connectivity index (χ1) is 12.4. The highest BCUT2D eigenvalue weighted by Gasteiger charge is 2.17. The number of aryl methyl sites for hydroxylation is 3. The molecule has 1 aromatic carbocycles. The summed E-state index contributed by atoms with van der Waals surface area (Å²) in [5, 5.41) is 0.507. The van der Waals surface area contributed by atoms with Crippen LogP contribution in [0.3, 0.4) is 0 Å². The summed E-state index contributed by atoms with van der Waals surface area (Å²) in [7, 11) is 1.73. The molecule has 8 heteroatoms. The zero-order valence-electron chi connectivity index (χ0n) is 15.0. The highest BCUT2D eigenvalue weighted by molar-refractivity contribution is 6.32. The van der Waals surface area contributed by atoms with Crippen molar-refractivity contribution in [3.05, 3.63) is 55.4 Å². The van der Waals surface area contributed by atoms with Gasteiger partial charge in [0.1, 0.15) is 18.2 Å². The van der Waals surface area contributed by atoms with Crippen LogP contribution in [0.1, 0.15) is 31.2 Å². The molecule has 0 fully saturated rings. The van der Waals surface area contributed by atoms with Crippen molar-refractivity contribution in [3.63, 3.8) is 0 Å². The van der Waals surface area contributed by atoms with Crippen LogP contribution in [-0.2, 0) is 20.2 Å². The van der Waals surface area contributed by atoms with Crippen LogP contribution in [-0.4, -0.2) is 19.1 Å². The smallest absolute Gasteiger partial charge is 0.330 e. The van der Waals surface area contributed by atoms with E-state index in [1.165, 1.54) is 4.57 Å². The van der Waals surface area contributed by atoms with Crippen LogP contribution >= 0.6 is 11.6 Å². The molecule has 0 aliphatic rings. The van der Waals surface area contributed by atoms with Gasteiger partial charge in [0.05, 0.1) is 5.02 Å². The van der Waals surface area contributed by atoms with Gasteiger partial charge in [-0.15, -0.1) is 0 Å². The van der Waals surface area contributed by atoms with E-state index in [9.17, 15) is 9.59 Å². The molecular formula is C18H21ClN4O3. The Bertz CT molecular complexity index is 1060. The van der Waals surface area contributed by atoms with E-state index in [-0.39, 0.29) is 6.61 Å². The highest BCUT2D eigenvalue weighted by Crippen LogP contribution is 2.26. The molecular weight excluding hydrogens is 356 g/mol. The summed E-state index contributed by atoms with van der Waals surface area (Å²) in [6, 6.07) is 5.51. The van der Waals surface area contributed by atoms with Crippen molar-refractivity contribution in [2.75, 3.05) is 0 Å².